The Morgan fingerprint density at radius 1 is 1.32 bits per heavy atom. The second kappa shape index (κ2) is 7.25. The van der Waals surface area contributed by atoms with Crippen molar-refractivity contribution in [3.05, 3.63) is 34.2 Å². The molecular weight excluding hydrogens is 278 g/mol. The van der Waals surface area contributed by atoms with E-state index in [0.29, 0.717) is 5.92 Å². The van der Waals surface area contributed by atoms with Gasteiger partial charge in [-0.2, -0.15) is 0 Å². The number of nitrogens with one attached hydrogen (secondary N) is 1. The van der Waals surface area contributed by atoms with Crippen LogP contribution in [0.1, 0.15) is 18.7 Å². The summed E-state index contributed by atoms with van der Waals surface area (Å²) >= 11 is 8.14. The van der Waals surface area contributed by atoms with Crippen LogP contribution < -0.4 is 5.32 Å². The lowest BCUT2D eigenvalue weighted by Gasteiger charge is -2.07. The predicted molar refractivity (Wildman–Crippen MR) is 84.2 cm³/mol. The Hall–Kier alpha value is -0.610. The molecule has 0 bridgehead atoms. The van der Waals surface area contributed by atoms with E-state index in [2.05, 4.69) is 31.3 Å². The molecule has 0 saturated heterocycles. The van der Waals surface area contributed by atoms with Crippen molar-refractivity contribution in [3.63, 3.8) is 0 Å². The molecule has 2 nitrogen and oxygen atoms in total. The van der Waals surface area contributed by atoms with Crippen molar-refractivity contribution in [1.29, 1.82) is 0 Å². The summed E-state index contributed by atoms with van der Waals surface area (Å²) in [6, 6.07) is 8.26. The summed E-state index contributed by atoms with van der Waals surface area (Å²) in [5.74, 6) is 0.594. The minimum Gasteiger partial charge on any atom is -0.380 e. The van der Waals surface area contributed by atoms with Gasteiger partial charge in [-0.1, -0.05) is 43.6 Å². The van der Waals surface area contributed by atoms with E-state index in [1.54, 1.807) is 11.3 Å². The average Bonchev–Trinajstić information content (AvgIpc) is 2.71. The van der Waals surface area contributed by atoms with E-state index in [1.165, 1.54) is 9.58 Å². The summed E-state index contributed by atoms with van der Waals surface area (Å²) in [4.78, 5) is 1.20. The number of ether oxygens (including phenoxy) is 1. The monoisotopic (exact) mass is 297 g/mol. The van der Waals surface area contributed by atoms with Gasteiger partial charge in [-0.25, -0.2) is 0 Å². The van der Waals surface area contributed by atoms with Crippen LogP contribution >= 0.6 is 22.9 Å². The molecule has 1 aromatic heterocycles. The summed E-state index contributed by atoms with van der Waals surface area (Å²) in [6.45, 7) is 7.56. The Morgan fingerprint density at radius 2 is 2.11 bits per heavy atom. The molecule has 1 N–H and O–H groups in total. The first kappa shape index (κ1) is 14.8. The highest BCUT2D eigenvalue weighted by Crippen LogP contribution is 2.34. The Morgan fingerprint density at radius 3 is 2.84 bits per heavy atom. The van der Waals surface area contributed by atoms with E-state index in [4.69, 9.17) is 16.3 Å². The lowest BCUT2D eigenvalue weighted by molar-refractivity contribution is 0.111. The van der Waals surface area contributed by atoms with Gasteiger partial charge in [0, 0.05) is 34.7 Å². The SMILES string of the molecule is CC(C)COCCNCc1sc2ccccc2c1Cl. The molecule has 0 aliphatic heterocycles. The number of halogens is 1. The highest BCUT2D eigenvalue weighted by Gasteiger charge is 2.08. The molecular formula is C15H20ClNOS. The molecule has 1 heterocycles. The third-order valence-electron chi connectivity index (χ3n) is 2.76. The third-order valence-corrected chi connectivity index (χ3v) is 4.48. The smallest absolute Gasteiger partial charge is 0.0636 e. The number of thiophene rings is 1. The quantitative estimate of drug-likeness (QED) is 0.769. The molecule has 0 unspecified atom stereocenters. The molecule has 0 saturated carbocycles. The average molecular weight is 298 g/mol. The molecule has 1 aromatic carbocycles. The number of rotatable bonds is 7. The van der Waals surface area contributed by atoms with E-state index in [0.717, 1.165) is 36.7 Å². The molecule has 19 heavy (non-hydrogen) atoms. The van der Waals surface area contributed by atoms with Crippen molar-refractivity contribution >= 4 is 33.0 Å². The minimum absolute atomic E-state index is 0.594. The summed E-state index contributed by atoms with van der Waals surface area (Å²) in [7, 11) is 0. The molecule has 0 amide bonds. The first-order valence-corrected chi connectivity index (χ1v) is 7.82. The van der Waals surface area contributed by atoms with Gasteiger partial charge >= 0.3 is 0 Å². The lowest BCUT2D eigenvalue weighted by Crippen LogP contribution is -2.19. The van der Waals surface area contributed by atoms with Crippen LogP contribution in [-0.2, 0) is 11.3 Å². The van der Waals surface area contributed by atoms with Crippen LogP contribution in [0, 0.1) is 5.92 Å². The molecule has 0 atom stereocenters. The Bertz CT molecular complexity index is 524. The fraction of sp³-hybridized carbons (Fsp3) is 0.467. The predicted octanol–water partition coefficient (Wildman–Crippen LogP) is 4.32. The van der Waals surface area contributed by atoms with Crippen molar-refractivity contribution in [2.24, 2.45) is 5.92 Å². The second-order valence-corrected chi connectivity index (χ2v) is 6.50. The van der Waals surface area contributed by atoms with Crippen molar-refractivity contribution in [1.82, 2.24) is 5.32 Å². The minimum atomic E-state index is 0.594. The molecule has 4 heteroatoms. The molecule has 0 radical (unpaired) electrons. The fourth-order valence-corrected chi connectivity index (χ4v) is 3.31. The highest BCUT2D eigenvalue weighted by atomic mass is 35.5. The Balaban J connectivity index is 1.80. The maximum absolute atomic E-state index is 6.38. The number of fused-ring (bicyclic) bond motifs is 1. The lowest BCUT2D eigenvalue weighted by atomic mass is 10.2. The van der Waals surface area contributed by atoms with Crippen LogP contribution in [0.4, 0.5) is 0 Å². The van der Waals surface area contributed by atoms with Crippen LogP contribution in [0.5, 0.6) is 0 Å². The summed E-state index contributed by atoms with van der Waals surface area (Å²) in [6.07, 6.45) is 0. The van der Waals surface area contributed by atoms with Crippen molar-refractivity contribution in [2.75, 3.05) is 19.8 Å². The zero-order chi connectivity index (χ0) is 13.7. The first-order chi connectivity index (χ1) is 9.18. The topological polar surface area (TPSA) is 21.3 Å². The van der Waals surface area contributed by atoms with Gasteiger partial charge in [-0.3, -0.25) is 0 Å². The molecule has 0 aliphatic carbocycles. The van der Waals surface area contributed by atoms with Crippen molar-refractivity contribution < 1.29 is 4.74 Å². The van der Waals surface area contributed by atoms with Crippen molar-refractivity contribution in [2.45, 2.75) is 20.4 Å². The van der Waals surface area contributed by atoms with Crippen LogP contribution in [0.3, 0.4) is 0 Å². The van der Waals surface area contributed by atoms with Gasteiger partial charge in [-0.05, 0) is 12.0 Å². The molecule has 0 fully saturated rings. The van der Waals surface area contributed by atoms with Gasteiger partial charge in [0.2, 0.25) is 0 Å². The zero-order valence-corrected chi connectivity index (χ0v) is 13.0. The maximum Gasteiger partial charge on any atom is 0.0636 e. The number of hydrogen-bond donors (Lipinski definition) is 1. The van der Waals surface area contributed by atoms with E-state index in [9.17, 15) is 0 Å². The Labute approximate surface area is 123 Å². The molecule has 104 valence electrons. The van der Waals surface area contributed by atoms with Crippen LogP contribution in [-0.4, -0.2) is 19.8 Å². The first-order valence-electron chi connectivity index (χ1n) is 6.63. The van der Waals surface area contributed by atoms with Gasteiger partial charge in [0.1, 0.15) is 0 Å². The van der Waals surface area contributed by atoms with Crippen LogP contribution in [0.2, 0.25) is 5.02 Å². The number of benzene rings is 1. The largest absolute Gasteiger partial charge is 0.380 e. The van der Waals surface area contributed by atoms with Crippen LogP contribution in [0.15, 0.2) is 24.3 Å². The fourth-order valence-electron chi connectivity index (χ4n) is 1.84. The second-order valence-electron chi connectivity index (χ2n) is 4.98. The summed E-state index contributed by atoms with van der Waals surface area (Å²) in [5.41, 5.74) is 0. The normalized spacial score (nSPS) is 11.6. The third kappa shape index (κ3) is 4.18. The van der Waals surface area contributed by atoms with E-state index >= 15 is 0 Å². The van der Waals surface area contributed by atoms with E-state index in [-0.39, 0.29) is 0 Å². The van der Waals surface area contributed by atoms with E-state index in [1.807, 2.05) is 12.1 Å². The number of hydrogen-bond acceptors (Lipinski definition) is 3. The molecule has 2 aromatic rings. The maximum atomic E-state index is 6.38. The zero-order valence-electron chi connectivity index (χ0n) is 11.4. The van der Waals surface area contributed by atoms with Gasteiger partial charge in [0.25, 0.3) is 0 Å². The Kier molecular flexibility index (Phi) is 5.64. The summed E-state index contributed by atoms with van der Waals surface area (Å²) < 4.78 is 6.78. The van der Waals surface area contributed by atoms with Gasteiger partial charge in [0.15, 0.2) is 0 Å². The van der Waals surface area contributed by atoms with Crippen LogP contribution in [0.25, 0.3) is 10.1 Å². The highest BCUT2D eigenvalue weighted by molar-refractivity contribution is 7.19. The molecule has 2 rings (SSSR count). The van der Waals surface area contributed by atoms with Gasteiger partial charge < -0.3 is 10.1 Å². The standard InChI is InChI=1S/C15H20ClNOS/c1-11(2)10-18-8-7-17-9-14-15(16)12-5-3-4-6-13(12)19-14/h3-6,11,17H,7-10H2,1-2H3. The van der Waals surface area contributed by atoms with E-state index < -0.39 is 0 Å². The van der Waals surface area contributed by atoms with Gasteiger partial charge in [0.05, 0.1) is 11.6 Å². The van der Waals surface area contributed by atoms with Crippen molar-refractivity contribution in [3.8, 4) is 0 Å². The van der Waals surface area contributed by atoms with Gasteiger partial charge in [-0.15, -0.1) is 11.3 Å². The summed E-state index contributed by atoms with van der Waals surface area (Å²) in [5, 5.41) is 5.42. The molecule has 0 aliphatic rings. The molecule has 0 spiro atoms.